The van der Waals surface area contributed by atoms with Crippen LogP contribution in [0, 0.1) is 18.7 Å². The van der Waals surface area contributed by atoms with E-state index in [9.17, 15) is 9.50 Å². The summed E-state index contributed by atoms with van der Waals surface area (Å²) in [4.78, 5) is 4.93. The number of likely N-dealkylation sites (N-methyl/N-ethyl adjacent to an activating group) is 1. The Morgan fingerprint density at radius 3 is 2.46 bits per heavy atom. The molecule has 2 heterocycles. The molecule has 2 aromatic carbocycles. The van der Waals surface area contributed by atoms with Crippen LogP contribution in [0.4, 0.5) is 4.39 Å². The first kappa shape index (κ1) is 25.2. The summed E-state index contributed by atoms with van der Waals surface area (Å²) in [5.74, 6) is 1.05. The van der Waals surface area contributed by atoms with Crippen LogP contribution in [0.3, 0.4) is 0 Å². The molecule has 6 nitrogen and oxygen atoms in total. The van der Waals surface area contributed by atoms with E-state index < -0.39 is 0 Å². The zero-order valence-corrected chi connectivity index (χ0v) is 21.2. The molecule has 1 aliphatic heterocycles. The molecule has 4 rings (SSSR count). The number of halogens is 1. The molecule has 1 aromatic heterocycles. The van der Waals surface area contributed by atoms with Gasteiger partial charge in [-0.3, -0.25) is 14.5 Å². The van der Waals surface area contributed by atoms with Crippen molar-refractivity contribution in [2.45, 2.75) is 45.3 Å². The topological polar surface area (TPSA) is 53.8 Å². The summed E-state index contributed by atoms with van der Waals surface area (Å²) in [6.07, 6.45) is 5.22. The number of aromatic hydroxyl groups is 1. The summed E-state index contributed by atoms with van der Waals surface area (Å²) < 4.78 is 20.7. The van der Waals surface area contributed by atoms with E-state index in [1.165, 1.54) is 11.1 Å². The molecule has 0 amide bonds. The number of ether oxygens (including phenoxy) is 1. The Kier molecular flexibility index (Phi) is 8.08. The SMILES string of the molecule is COc1cc(CN2CCC(C(Cc3ccc(F)cc3)N(C)Cc3cn(C)nc3C)CC2)ccc1O. The Morgan fingerprint density at radius 2 is 1.83 bits per heavy atom. The lowest BCUT2D eigenvalue weighted by atomic mass is 9.84. The average Bonchev–Trinajstić information content (AvgIpc) is 3.16. The van der Waals surface area contributed by atoms with Crippen LogP contribution >= 0.6 is 0 Å². The van der Waals surface area contributed by atoms with Crippen molar-refractivity contribution in [1.82, 2.24) is 19.6 Å². The number of phenols is 1. The highest BCUT2D eigenvalue weighted by Gasteiger charge is 2.30. The third kappa shape index (κ3) is 6.41. The van der Waals surface area contributed by atoms with Crippen molar-refractivity contribution >= 4 is 0 Å². The Hall–Kier alpha value is -2.90. The highest BCUT2D eigenvalue weighted by Crippen LogP contribution is 2.30. The summed E-state index contributed by atoms with van der Waals surface area (Å²) in [5.41, 5.74) is 4.63. The molecule has 1 fully saturated rings. The van der Waals surface area contributed by atoms with Gasteiger partial charge in [0.1, 0.15) is 5.82 Å². The maximum absolute atomic E-state index is 13.5. The van der Waals surface area contributed by atoms with Gasteiger partial charge >= 0.3 is 0 Å². The maximum atomic E-state index is 13.5. The largest absolute Gasteiger partial charge is 0.504 e. The summed E-state index contributed by atoms with van der Waals surface area (Å²) in [6.45, 7) is 5.80. The molecular formula is C28H37FN4O2. The van der Waals surface area contributed by atoms with Gasteiger partial charge in [-0.1, -0.05) is 18.2 Å². The Bertz CT molecular complexity index is 1110. The molecule has 0 aliphatic carbocycles. The quantitative estimate of drug-likeness (QED) is 0.488. The van der Waals surface area contributed by atoms with Crippen LogP contribution in [0.1, 0.15) is 35.2 Å². The van der Waals surface area contributed by atoms with Gasteiger partial charge in [0.2, 0.25) is 0 Å². The van der Waals surface area contributed by atoms with Crippen LogP contribution in [-0.4, -0.2) is 58.0 Å². The average molecular weight is 481 g/mol. The molecule has 0 saturated carbocycles. The van der Waals surface area contributed by atoms with Crippen molar-refractivity contribution in [3.05, 3.63) is 76.9 Å². The predicted molar refractivity (Wildman–Crippen MR) is 136 cm³/mol. The van der Waals surface area contributed by atoms with Gasteiger partial charge in [0, 0.05) is 37.9 Å². The number of rotatable bonds is 9. The Balaban J connectivity index is 1.44. The summed E-state index contributed by atoms with van der Waals surface area (Å²) in [5, 5.41) is 14.4. The summed E-state index contributed by atoms with van der Waals surface area (Å²) in [7, 11) is 5.75. The predicted octanol–water partition coefficient (Wildman–Crippen LogP) is 4.54. The van der Waals surface area contributed by atoms with E-state index in [1.54, 1.807) is 25.3 Å². The number of hydrogen-bond acceptors (Lipinski definition) is 5. The second-order valence-electron chi connectivity index (χ2n) is 9.85. The molecular weight excluding hydrogens is 443 g/mol. The summed E-state index contributed by atoms with van der Waals surface area (Å²) in [6, 6.07) is 12.9. The molecule has 3 aromatic rings. The van der Waals surface area contributed by atoms with Crippen LogP contribution in [0.2, 0.25) is 0 Å². The van der Waals surface area contributed by atoms with E-state index in [4.69, 9.17) is 4.74 Å². The number of nitrogens with zero attached hydrogens (tertiary/aromatic N) is 4. The van der Waals surface area contributed by atoms with E-state index in [2.05, 4.69) is 35.1 Å². The third-order valence-corrected chi connectivity index (χ3v) is 7.29. The fourth-order valence-electron chi connectivity index (χ4n) is 5.31. The van der Waals surface area contributed by atoms with Crippen molar-refractivity contribution in [1.29, 1.82) is 0 Å². The van der Waals surface area contributed by atoms with Crippen molar-refractivity contribution in [3.63, 3.8) is 0 Å². The van der Waals surface area contributed by atoms with Gasteiger partial charge in [-0.05, 0) is 87.6 Å². The van der Waals surface area contributed by atoms with Crippen molar-refractivity contribution in [2.75, 3.05) is 27.2 Å². The van der Waals surface area contributed by atoms with Gasteiger partial charge in [0.15, 0.2) is 11.5 Å². The Morgan fingerprint density at radius 1 is 1.14 bits per heavy atom. The first-order valence-corrected chi connectivity index (χ1v) is 12.3. The summed E-state index contributed by atoms with van der Waals surface area (Å²) >= 11 is 0. The minimum atomic E-state index is -0.191. The number of phenolic OH excluding ortho intramolecular Hbond substituents is 1. The van der Waals surface area contributed by atoms with Gasteiger partial charge in [-0.2, -0.15) is 5.10 Å². The van der Waals surface area contributed by atoms with E-state index in [-0.39, 0.29) is 11.6 Å². The monoisotopic (exact) mass is 480 g/mol. The van der Waals surface area contributed by atoms with E-state index >= 15 is 0 Å². The number of aromatic nitrogens is 2. The minimum absolute atomic E-state index is 0.172. The molecule has 0 radical (unpaired) electrons. The lowest BCUT2D eigenvalue weighted by Crippen LogP contribution is -2.45. The second-order valence-corrected chi connectivity index (χ2v) is 9.85. The van der Waals surface area contributed by atoms with Crippen LogP contribution in [0.5, 0.6) is 11.5 Å². The fraction of sp³-hybridized carbons (Fsp3) is 0.464. The number of aryl methyl sites for hydroxylation is 2. The third-order valence-electron chi connectivity index (χ3n) is 7.29. The van der Waals surface area contributed by atoms with E-state index in [1.807, 2.05) is 36.0 Å². The van der Waals surface area contributed by atoms with Crippen LogP contribution in [0.25, 0.3) is 0 Å². The molecule has 1 saturated heterocycles. The van der Waals surface area contributed by atoms with Gasteiger partial charge in [0.25, 0.3) is 0 Å². The molecule has 1 aliphatic rings. The number of likely N-dealkylation sites (tertiary alicyclic amines) is 1. The first-order valence-electron chi connectivity index (χ1n) is 12.3. The molecule has 1 atom stereocenters. The number of benzene rings is 2. The van der Waals surface area contributed by atoms with E-state index in [0.717, 1.165) is 56.7 Å². The molecule has 1 unspecified atom stereocenters. The minimum Gasteiger partial charge on any atom is -0.504 e. The normalized spacial score (nSPS) is 16.1. The zero-order chi connectivity index (χ0) is 24.9. The van der Waals surface area contributed by atoms with E-state index in [0.29, 0.717) is 17.7 Å². The molecule has 0 spiro atoms. The molecule has 1 N–H and O–H groups in total. The number of methoxy groups -OCH3 is 1. The van der Waals surface area contributed by atoms with Crippen LogP contribution in [0.15, 0.2) is 48.7 Å². The highest BCUT2D eigenvalue weighted by atomic mass is 19.1. The first-order chi connectivity index (χ1) is 16.8. The highest BCUT2D eigenvalue weighted by molar-refractivity contribution is 5.41. The van der Waals surface area contributed by atoms with Crippen molar-refractivity contribution in [2.24, 2.45) is 13.0 Å². The molecule has 35 heavy (non-hydrogen) atoms. The standard InChI is InChI=1S/C28H37FN4O2/c1-20-24(19-32(3)30-20)18-31(2)26(15-21-5-8-25(29)9-6-21)23-11-13-33(14-12-23)17-22-7-10-27(34)28(16-22)35-4/h5-10,16,19,23,26,34H,11-15,17-18H2,1-4H3. The van der Waals surface area contributed by atoms with Crippen LogP contribution in [-0.2, 0) is 26.6 Å². The molecule has 188 valence electrons. The maximum Gasteiger partial charge on any atom is 0.160 e. The second kappa shape index (κ2) is 11.2. The molecule has 0 bridgehead atoms. The van der Waals surface area contributed by atoms with Gasteiger partial charge in [-0.25, -0.2) is 4.39 Å². The lowest BCUT2D eigenvalue weighted by Gasteiger charge is -2.40. The van der Waals surface area contributed by atoms with Gasteiger partial charge < -0.3 is 9.84 Å². The molecule has 7 heteroatoms. The lowest BCUT2D eigenvalue weighted by molar-refractivity contribution is 0.0953. The van der Waals surface area contributed by atoms with Crippen LogP contribution < -0.4 is 4.74 Å². The van der Waals surface area contributed by atoms with Gasteiger partial charge in [-0.15, -0.1) is 0 Å². The zero-order valence-electron chi connectivity index (χ0n) is 21.2. The number of hydrogen-bond donors (Lipinski definition) is 1. The number of piperidine rings is 1. The smallest absolute Gasteiger partial charge is 0.160 e. The van der Waals surface area contributed by atoms with Crippen molar-refractivity contribution < 1.29 is 14.2 Å². The Labute approximate surface area is 207 Å². The van der Waals surface area contributed by atoms with Crippen molar-refractivity contribution in [3.8, 4) is 11.5 Å². The van der Waals surface area contributed by atoms with Gasteiger partial charge in [0.05, 0.1) is 12.8 Å². The fourth-order valence-corrected chi connectivity index (χ4v) is 5.31.